The van der Waals surface area contributed by atoms with Crippen molar-refractivity contribution in [3.05, 3.63) is 29.8 Å². The normalized spacial score (nSPS) is 16.6. The molecule has 0 spiro atoms. The average Bonchev–Trinajstić information content (AvgIpc) is 2.49. The van der Waals surface area contributed by atoms with Gasteiger partial charge in [0.1, 0.15) is 18.0 Å². The van der Waals surface area contributed by atoms with E-state index in [9.17, 15) is 20.1 Å². The zero-order chi connectivity index (χ0) is 16.7. The highest BCUT2D eigenvalue weighted by atomic mass is 16.5. The minimum Gasteiger partial charge on any atom is -0.494 e. The predicted octanol–water partition coefficient (Wildman–Crippen LogP) is 0.00730. The highest BCUT2D eigenvalue weighted by Crippen LogP contribution is 2.15. The van der Waals surface area contributed by atoms with Gasteiger partial charge in [0.05, 0.1) is 24.4 Å². The quantitative estimate of drug-likeness (QED) is 0.406. The number of carboxylic acid groups (broad SMARTS) is 1. The Bertz CT molecular complexity index is 475. The van der Waals surface area contributed by atoms with E-state index in [4.69, 9.17) is 14.9 Å². The maximum atomic E-state index is 10.8. The molecule has 4 atom stereocenters. The molecule has 0 fully saturated rings. The van der Waals surface area contributed by atoms with Gasteiger partial charge in [-0.15, -0.1) is 0 Å². The number of aliphatic hydroxyl groups is 4. The fourth-order valence-corrected chi connectivity index (χ4v) is 1.89. The van der Waals surface area contributed by atoms with Gasteiger partial charge in [-0.1, -0.05) is 6.07 Å². The van der Waals surface area contributed by atoms with Crippen molar-refractivity contribution in [3.8, 4) is 5.75 Å². The molecule has 0 aliphatic carbocycles. The van der Waals surface area contributed by atoms with Crippen molar-refractivity contribution in [3.63, 3.8) is 0 Å². The van der Waals surface area contributed by atoms with E-state index in [0.717, 1.165) is 0 Å². The van der Waals surface area contributed by atoms with Gasteiger partial charge < -0.3 is 30.3 Å². The van der Waals surface area contributed by atoms with Gasteiger partial charge in [-0.25, -0.2) is 4.79 Å². The Balaban J connectivity index is 2.36. The standard InChI is InChI=1S/C15H22O7/c1-9(16)13(18)14(19)12(17)6-3-7-22-11-5-2-4-10(8-11)15(20)21/h2,4-5,8-9,12-14,16-19H,3,6-7H2,1H3,(H,20,21)/t9-,12+,13+,14-/m0/s1. The van der Waals surface area contributed by atoms with Crippen LogP contribution in [-0.2, 0) is 0 Å². The van der Waals surface area contributed by atoms with Crippen LogP contribution in [0.1, 0.15) is 30.1 Å². The van der Waals surface area contributed by atoms with Gasteiger partial charge in [0, 0.05) is 0 Å². The van der Waals surface area contributed by atoms with Gasteiger partial charge in [0.15, 0.2) is 0 Å². The number of carboxylic acids is 1. The molecule has 0 aromatic heterocycles. The molecule has 0 radical (unpaired) electrons. The molecule has 0 aliphatic heterocycles. The van der Waals surface area contributed by atoms with Crippen molar-refractivity contribution in [2.24, 2.45) is 0 Å². The third-order valence-electron chi connectivity index (χ3n) is 3.23. The van der Waals surface area contributed by atoms with Crippen molar-refractivity contribution in [2.75, 3.05) is 6.61 Å². The summed E-state index contributed by atoms with van der Waals surface area (Å²) < 4.78 is 5.37. The summed E-state index contributed by atoms with van der Waals surface area (Å²) in [7, 11) is 0. The second-order valence-corrected chi connectivity index (χ2v) is 5.11. The summed E-state index contributed by atoms with van der Waals surface area (Å²) in [6.07, 6.45) is -4.61. The summed E-state index contributed by atoms with van der Waals surface area (Å²) in [4.78, 5) is 10.8. The number of carbonyl (C=O) groups is 1. The van der Waals surface area contributed by atoms with Crippen LogP contribution in [0, 0.1) is 0 Å². The van der Waals surface area contributed by atoms with Crippen LogP contribution in [-0.4, -0.2) is 62.5 Å². The smallest absolute Gasteiger partial charge is 0.335 e. The third-order valence-corrected chi connectivity index (χ3v) is 3.23. The number of ether oxygens (including phenoxy) is 1. The van der Waals surface area contributed by atoms with E-state index in [-0.39, 0.29) is 18.6 Å². The van der Waals surface area contributed by atoms with Crippen LogP contribution in [0.15, 0.2) is 24.3 Å². The predicted molar refractivity (Wildman–Crippen MR) is 77.8 cm³/mol. The first-order valence-corrected chi connectivity index (χ1v) is 7.01. The Morgan fingerprint density at radius 3 is 2.45 bits per heavy atom. The molecule has 7 nitrogen and oxygen atoms in total. The number of aromatic carboxylic acids is 1. The van der Waals surface area contributed by atoms with Crippen LogP contribution in [0.2, 0.25) is 0 Å². The molecule has 0 saturated heterocycles. The molecule has 124 valence electrons. The first-order valence-electron chi connectivity index (χ1n) is 7.01. The Labute approximate surface area is 128 Å². The van der Waals surface area contributed by atoms with E-state index in [2.05, 4.69) is 0 Å². The molecule has 0 amide bonds. The minimum atomic E-state index is -1.43. The van der Waals surface area contributed by atoms with Crippen LogP contribution >= 0.6 is 0 Å². The fraction of sp³-hybridized carbons (Fsp3) is 0.533. The molecule has 0 unspecified atom stereocenters. The summed E-state index contributed by atoms with van der Waals surface area (Å²) >= 11 is 0. The third kappa shape index (κ3) is 5.61. The number of hydrogen-bond acceptors (Lipinski definition) is 6. The van der Waals surface area contributed by atoms with Crippen LogP contribution in [0.3, 0.4) is 0 Å². The number of benzene rings is 1. The summed E-state index contributed by atoms with van der Waals surface area (Å²) in [6.45, 7) is 1.54. The van der Waals surface area contributed by atoms with Crippen molar-refractivity contribution >= 4 is 5.97 Å². The molecule has 0 saturated carbocycles. The molecular formula is C15H22O7. The topological polar surface area (TPSA) is 127 Å². The Kier molecular flexibility index (Phi) is 7.26. The van der Waals surface area contributed by atoms with Crippen LogP contribution in [0.25, 0.3) is 0 Å². The number of aliphatic hydroxyl groups excluding tert-OH is 4. The molecule has 1 rings (SSSR count). The maximum Gasteiger partial charge on any atom is 0.335 e. The molecule has 1 aromatic carbocycles. The lowest BCUT2D eigenvalue weighted by Crippen LogP contribution is -2.43. The molecule has 0 heterocycles. The summed E-state index contributed by atoms with van der Waals surface area (Å²) in [5.74, 6) is -0.643. The van der Waals surface area contributed by atoms with Gasteiger partial charge >= 0.3 is 5.97 Å². The van der Waals surface area contributed by atoms with E-state index in [1.54, 1.807) is 12.1 Å². The minimum absolute atomic E-state index is 0.119. The Morgan fingerprint density at radius 1 is 1.18 bits per heavy atom. The first kappa shape index (κ1) is 18.4. The maximum absolute atomic E-state index is 10.8. The monoisotopic (exact) mass is 314 g/mol. The molecule has 5 N–H and O–H groups in total. The lowest BCUT2D eigenvalue weighted by Gasteiger charge is -2.24. The van der Waals surface area contributed by atoms with Crippen LogP contribution in [0.4, 0.5) is 0 Å². The molecule has 0 bridgehead atoms. The Morgan fingerprint density at radius 2 is 1.86 bits per heavy atom. The summed E-state index contributed by atoms with van der Waals surface area (Å²) in [6, 6.07) is 6.03. The molecule has 22 heavy (non-hydrogen) atoms. The lowest BCUT2D eigenvalue weighted by molar-refractivity contribution is -0.102. The van der Waals surface area contributed by atoms with Gasteiger partial charge in [-0.3, -0.25) is 0 Å². The van der Waals surface area contributed by atoms with E-state index in [1.807, 2.05) is 0 Å². The Hall–Kier alpha value is -1.67. The molecular weight excluding hydrogens is 292 g/mol. The van der Waals surface area contributed by atoms with E-state index >= 15 is 0 Å². The highest BCUT2D eigenvalue weighted by molar-refractivity contribution is 5.87. The van der Waals surface area contributed by atoms with Gasteiger partial charge in [-0.05, 0) is 38.0 Å². The van der Waals surface area contributed by atoms with E-state index in [0.29, 0.717) is 12.2 Å². The molecule has 0 aliphatic rings. The second kappa shape index (κ2) is 8.70. The van der Waals surface area contributed by atoms with Gasteiger partial charge in [-0.2, -0.15) is 0 Å². The molecule has 7 heteroatoms. The largest absolute Gasteiger partial charge is 0.494 e. The van der Waals surface area contributed by atoms with Crippen molar-refractivity contribution in [1.29, 1.82) is 0 Å². The van der Waals surface area contributed by atoms with Crippen molar-refractivity contribution in [1.82, 2.24) is 0 Å². The zero-order valence-electron chi connectivity index (χ0n) is 12.3. The highest BCUT2D eigenvalue weighted by Gasteiger charge is 2.27. The number of rotatable bonds is 9. The molecule has 1 aromatic rings. The van der Waals surface area contributed by atoms with Crippen molar-refractivity contribution in [2.45, 2.75) is 44.2 Å². The van der Waals surface area contributed by atoms with Gasteiger partial charge in [0.25, 0.3) is 0 Å². The number of hydrogen-bond donors (Lipinski definition) is 5. The second-order valence-electron chi connectivity index (χ2n) is 5.11. The fourth-order valence-electron chi connectivity index (χ4n) is 1.89. The zero-order valence-corrected chi connectivity index (χ0v) is 12.3. The van der Waals surface area contributed by atoms with Crippen LogP contribution < -0.4 is 4.74 Å². The van der Waals surface area contributed by atoms with Crippen LogP contribution in [0.5, 0.6) is 5.75 Å². The van der Waals surface area contributed by atoms with E-state index < -0.39 is 30.4 Å². The lowest BCUT2D eigenvalue weighted by atomic mass is 10.0. The SMILES string of the molecule is C[C@H](O)[C@@H](O)[C@@H](O)[C@H](O)CCCOc1cccc(C(=O)O)c1. The average molecular weight is 314 g/mol. The van der Waals surface area contributed by atoms with E-state index in [1.165, 1.54) is 19.1 Å². The summed E-state index contributed by atoms with van der Waals surface area (Å²) in [5.41, 5.74) is 0.119. The summed E-state index contributed by atoms with van der Waals surface area (Å²) in [5, 5.41) is 46.7. The van der Waals surface area contributed by atoms with Crippen molar-refractivity contribution < 1.29 is 35.1 Å². The van der Waals surface area contributed by atoms with Gasteiger partial charge in [0.2, 0.25) is 0 Å². The first-order chi connectivity index (χ1) is 10.3.